The van der Waals surface area contributed by atoms with E-state index in [1.807, 2.05) is 0 Å². The Kier molecular flexibility index (Phi) is 4.77. The summed E-state index contributed by atoms with van der Waals surface area (Å²) in [7, 11) is 0. The first-order valence-electron chi connectivity index (χ1n) is 8.84. The summed E-state index contributed by atoms with van der Waals surface area (Å²) in [6, 6.07) is 12.8. The van der Waals surface area contributed by atoms with Gasteiger partial charge in [0.1, 0.15) is 11.6 Å². The number of anilines is 1. The van der Waals surface area contributed by atoms with Crippen molar-refractivity contribution in [2.24, 2.45) is 0 Å². The van der Waals surface area contributed by atoms with E-state index in [2.05, 4.69) is 0 Å². The minimum absolute atomic E-state index is 0.0281. The summed E-state index contributed by atoms with van der Waals surface area (Å²) < 4.78 is 25.3. The smallest absolute Gasteiger partial charge is 0.265 e. The van der Waals surface area contributed by atoms with Gasteiger partial charge in [0.15, 0.2) is 6.10 Å². The third kappa shape index (κ3) is 3.38. The van der Waals surface area contributed by atoms with Crippen LogP contribution >= 0.6 is 0 Å². The zero-order valence-electron chi connectivity index (χ0n) is 14.6. The fraction of sp³-hybridized carbons (Fsp3) is 0.300. The zero-order chi connectivity index (χ0) is 18.8. The normalized spacial score (nSPS) is 19.2. The van der Waals surface area contributed by atoms with Gasteiger partial charge in [-0.25, -0.2) is 4.39 Å². The van der Waals surface area contributed by atoms with Gasteiger partial charge in [0.25, 0.3) is 11.8 Å². The van der Waals surface area contributed by atoms with Gasteiger partial charge in [0.2, 0.25) is 0 Å². The maximum Gasteiger partial charge on any atom is 0.265 e. The Hall–Kier alpha value is -2.93. The summed E-state index contributed by atoms with van der Waals surface area (Å²) >= 11 is 0. The Bertz CT molecular complexity index is 867. The molecule has 1 atom stereocenters. The van der Waals surface area contributed by atoms with Gasteiger partial charge in [-0.3, -0.25) is 9.59 Å². The second-order valence-electron chi connectivity index (χ2n) is 6.41. The highest BCUT2D eigenvalue weighted by Gasteiger charge is 2.37. The molecule has 140 valence electrons. The van der Waals surface area contributed by atoms with Gasteiger partial charge in [0, 0.05) is 13.1 Å². The van der Waals surface area contributed by atoms with Crippen molar-refractivity contribution in [3.8, 4) is 5.75 Å². The van der Waals surface area contributed by atoms with Crippen molar-refractivity contribution in [1.82, 2.24) is 4.90 Å². The first-order chi connectivity index (χ1) is 13.1. The Morgan fingerprint density at radius 1 is 1.00 bits per heavy atom. The predicted molar refractivity (Wildman–Crippen MR) is 96.3 cm³/mol. The number of benzene rings is 2. The first kappa shape index (κ1) is 17.5. The van der Waals surface area contributed by atoms with Crippen LogP contribution in [0, 0.1) is 5.82 Å². The lowest BCUT2D eigenvalue weighted by Crippen LogP contribution is -2.54. The molecule has 2 aliphatic heterocycles. The molecule has 0 aromatic heterocycles. The molecule has 1 saturated heterocycles. The highest BCUT2D eigenvalue weighted by molar-refractivity contribution is 6.08. The van der Waals surface area contributed by atoms with Gasteiger partial charge in [-0.2, -0.15) is 0 Å². The Labute approximate surface area is 156 Å². The van der Waals surface area contributed by atoms with Gasteiger partial charge < -0.3 is 19.3 Å². The molecule has 2 aliphatic rings. The second kappa shape index (κ2) is 7.36. The summed E-state index contributed by atoms with van der Waals surface area (Å²) in [5.41, 5.74) is 0.489. The van der Waals surface area contributed by atoms with E-state index in [0.29, 0.717) is 37.7 Å². The van der Waals surface area contributed by atoms with Crippen molar-refractivity contribution < 1.29 is 23.5 Å². The van der Waals surface area contributed by atoms with E-state index in [4.69, 9.17) is 9.47 Å². The minimum Gasteiger partial charge on any atom is -0.476 e. The van der Waals surface area contributed by atoms with E-state index in [0.717, 1.165) is 0 Å². The SMILES string of the molecule is O=C([C@H]1CN(C(=O)c2ccccc2F)c2ccccc2O1)N1CCOCC1. The standard InChI is InChI=1S/C20H19FN2O4/c21-15-6-2-1-5-14(15)19(24)23-13-18(20(25)22-9-11-26-12-10-22)27-17-8-4-3-7-16(17)23/h1-8,18H,9-13H2/t18-/m1/s1. The molecule has 0 N–H and O–H groups in total. The molecule has 6 nitrogen and oxygen atoms in total. The van der Waals surface area contributed by atoms with Crippen molar-refractivity contribution in [2.75, 3.05) is 37.7 Å². The highest BCUT2D eigenvalue weighted by atomic mass is 19.1. The van der Waals surface area contributed by atoms with E-state index in [1.165, 1.54) is 23.1 Å². The Balaban J connectivity index is 1.65. The fourth-order valence-corrected chi connectivity index (χ4v) is 3.32. The molecule has 2 aromatic carbocycles. The summed E-state index contributed by atoms with van der Waals surface area (Å²) in [5, 5.41) is 0. The lowest BCUT2D eigenvalue weighted by atomic mass is 10.1. The predicted octanol–water partition coefficient (Wildman–Crippen LogP) is 2.09. The number of hydrogen-bond donors (Lipinski definition) is 0. The molecule has 0 unspecified atom stereocenters. The highest BCUT2D eigenvalue weighted by Crippen LogP contribution is 2.34. The number of ether oxygens (including phenoxy) is 2. The van der Waals surface area contributed by atoms with Crippen molar-refractivity contribution >= 4 is 17.5 Å². The molecular formula is C20H19FN2O4. The maximum atomic E-state index is 14.1. The monoisotopic (exact) mass is 370 g/mol. The minimum atomic E-state index is -0.839. The van der Waals surface area contributed by atoms with Gasteiger partial charge in [0.05, 0.1) is 31.0 Å². The molecule has 1 fully saturated rings. The molecule has 2 aromatic rings. The van der Waals surface area contributed by atoms with Crippen LogP contribution in [-0.2, 0) is 9.53 Å². The van der Waals surface area contributed by atoms with Crippen LogP contribution < -0.4 is 9.64 Å². The van der Waals surface area contributed by atoms with Crippen LogP contribution in [0.5, 0.6) is 5.75 Å². The van der Waals surface area contributed by atoms with Crippen molar-refractivity contribution in [3.05, 3.63) is 59.9 Å². The Morgan fingerprint density at radius 3 is 2.48 bits per heavy atom. The van der Waals surface area contributed by atoms with E-state index in [-0.39, 0.29) is 18.0 Å². The van der Waals surface area contributed by atoms with Crippen molar-refractivity contribution in [3.63, 3.8) is 0 Å². The topological polar surface area (TPSA) is 59.1 Å². The average Bonchev–Trinajstić information content (AvgIpc) is 2.73. The summed E-state index contributed by atoms with van der Waals surface area (Å²) in [6.45, 7) is 1.96. The van der Waals surface area contributed by atoms with Crippen LogP contribution in [0.3, 0.4) is 0 Å². The number of para-hydroxylation sites is 2. The van der Waals surface area contributed by atoms with E-state index in [9.17, 15) is 14.0 Å². The van der Waals surface area contributed by atoms with Crippen LogP contribution in [0.4, 0.5) is 10.1 Å². The van der Waals surface area contributed by atoms with E-state index in [1.54, 1.807) is 35.2 Å². The fourth-order valence-electron chi connectivity index (χ4n) is 3.32. The summed E-state index contributed by atoms with van der Waals surface area (Å²) in [6.07, 6.45) is -0.839. The molecule has 27 heavy (non-hydrogen) atoms. The van der Waals surface area contributed by atoms with Crippen LogP contribution in [0.25, 0.3) is 0 Å². The largest absolute Gasteiger partial charge is 0.476 e. The lowest BCUT2D eigenvalue weighted by Gasteiger charge is -2.37. The molecule has 0 bridgehead atoms. The third-order valence-electron chi connectivity index (χ3n) is 4.72. The Morgan fingerprint density at radius 2 is 1.70 bits per heavy atom. The summed E-state index contributed by atoms with van der Waals surface area (Å²) in [4.78, 5) is 29.0. The number of amides is 2. The molecule has 4 rings (SSSR count). The first-order valence-corrected chi connectivity index (χ1v) is 8.84. The van der Waals surface area contributed by atoms with Crippen molar-refractivity contribution in [1.29, 1.82) is 0 Å². The second-order valence-corrected chi connectivity index (χ2v) is 6.41. The van der Waals surface area contributed by atoms with Crippen LogP contribution in [0.1, 0.15) is 10.4 Å². The van der Waals surface area contributed by atoms with Gasteiger partial charge >= 0.3 is 0 Å². The quantitative estimate of drug-likeness (QED) is 0.812. The van der Waals surface area contributed by atoms with Gasteiger partial charge in [-0.1, -0.05) is 24.3 Å². The zero-order valence-corrected chi connectivity index (χ0v) is 14.6. The molecule has 7 heteroatoms. The van der Waals surface area contributed by atoms with Gasteiger partial charge in [-0.15, -0.1) is 0 Å². The van der Waals surface area contributed by atoms with E-state index >= 15 is 0 Å². The molecule has 2 heterocycles. The molecule has 0 saturated carbocycles. The number of morpholine rings is 1. The average molecular weight is 370 g/mol. The number of hydrogen-bond acceptors (Lipinski definition) is 4. The number of halogens is 1. The molecular weight excluding hydrogens is 351 g/mol. The van der Waals surface area contributed by atoms with Crippen molar-refractivity contribution in [2.45, 2.75) is 6.10 Å². The lowest BCUT2D eigenvalue weighted by molar-refractivity contribution is -0.142. The third-order valence-corrected chi connectivity index (χ3v) is 4.72. The van der Waals surface area contributed by atoms with E-state index < -0.39 is 17.8 Å². The van der Waals surface area contributed by atoms with Crippen LogP contribution in [-0.4, -0.2) is 55.7 Å². The van der Waals surface area contributed by atoms with Gasteiger partial charge in [-0.05, 0) is 24.3 Å². The number of fused-ring (bicyclic) bond motifs is 1. The maximum absolute atomic E-state index is 14.1. The van der Waals surface area contributed by atoms with Crippen LogP contribution in [0.2, 0.25) is 0 Å². The number of nitrogens with zero attached hydrogens (tertiary/aromatic N) is 2. The van der Waals surface area contributed by atoms with Crippen LogP contribution in [0.15, 0.2) is 48.5 Å². The molecule has 0 spiro atoms. The number of carbonyl (C=O) groups excluding carboxylic acids is 2. The summed E-state index contributed by atoms with van der Waals surface area (Å²) in [5.74, 6) is -0.856. The molecule has 0 aliphatic carbocycles. The number of rotatable bonds is 2. The molecule has 0 radical (unpaired) electrons. The number of carbonyl (C=O) groups is 2. The molecule has 2 amide bonds.